The molecule has 0 radical (unpaired) electrons. The zero-order valence-corrected chi connectivity index (χ0v) is 16.0. The molecule has 25 heavy (non-hydrogen) atoms. The molecule has 0 aromatic heterocycles. The van der Waals surface area contributed by atoms with E-state index in [1.54, 1.807) is 24.1 Å². The Bertz CT molecular complexity index is 821. The van der Waals surface area contributed by atoms with Crippen LogP contribution in [-0.2, 0) is 14.8 Å². The van der Waals surface area contributed by atoms with Gasteiger partial charge in [0.15, 0.2) is 0 Å². The van der Waals surface area contributed by atoms with Gasteiger partial charge in [-0.3, -0.25) is 4.79 Å². The Labute approximate surface area is 153 Å². The van der Waals surface area contributed by atoms with Crippen molar-refractivity contribution in [2.24, 2.45) is 5.14 Å². The average molecular weight is 379 g/mol. The molecular formula is C18H22N2O3S2. The number of nitrogens with zero attached hydrogens (tertiary/aromatic N) is 1. The molecule has 0 bridgehead atoms. The molecule has 0 aliphatic rings. The van der Waals surface area contributed by atoms with Crippen LogP contribution in [0.4, 0.5) is 0 Å². The minimum Gasteiger partial charge on any atom is -0.338 e. The van der Waals surface area contributed by atoms with Gasteiger partial charge in [0.1, 0.15) is 0 Å². The maximum Gasteiger partial charge on any atom is 0.238 e. The van der Waals surface area contributed by atoms with Crippen LogP contribution in [0.5, 0.6) is 0 Å². The van der Waals surface area contributed by atoms with Gasteiger partial charge < -0.3 is 4.90 Å². The fourth-order valence-corrected chi connectivity index (χ4v) is 3.90. The van der Waals surface area contributed by atoms with Crippen LogP contribution in [0.15, 0.2) is 64.4 Å². The highest BCUT2D eigenvalue weighted by Crippen LogP contribution is 2.27. The largest absolute Gasteiger partial charge is 0.338 e. The van der Waals surface area contributed by atoms with Crippen molar-refractivity contribution < 1.29 is 13.2 Å². The summed E-state index contributed by atoms with van der Waals surface area (Å²) in [6.45, 7) is 3.79. The lowest BCUT2D eigenvalue weighted by Gasteiger charge is -2.28. The van der Waals surface area contributed by atoms with Crippen molar-refractivity contribution in [1.82, 2.24) is 4.90 Å². The summed E-state index contributed by atoms with van der Waals surface area (Å²) >= 11 is 1.51. The molecule has 134 valence electrons. The van der Waals surface area contributed by atoms with Gasteiger partial charge in [0.25, 0.3) is 0 Å². The van der Waals surface area contributed by atoms with Crippen LogP contribution < -0.4 is 5.14 Å². The Morgan fingerprint density at radius 2 is 1.60 bits per heavy atom. The molecule has 2 aromatic rings. The fraction of sp³-hybridized carbons (Fsp3) is 0.278. The summed E-state index contributed by atoms with van der Waals surface area (Å²) in [6, 6.07) is 15.9. The Kier molecular flexibility index (Phi) is 6.26. The van der Waals surface area contributed by atoms with Crippen LogP contribution in [0.2, 0.25) is 0 Å². The first-order valence-corrected chi connectivity index (χ1v) is 10.2. The highest BCUT2D eigenvalue weighted by molar-refractivity contribution is 8.00. The average Bonchev–Trinajstić information content (AvgIpc) is 2.60. The molecule has 0 saturated carbocycles. The number of amides is 1. The SMILES string of the molecule is CC(Sc1ccccc1)C(=O)N(C)C(C)c1ccc(S(N)(=O)=O)cc1. The van der Waals surface area contributed by atoms with Crippen LogP contribution in [0.3, 0.4) is 0 Å². The monoisotopic (exact) mass is 378 g/mol. The zero-order chi connectivity index (χ0) is 18.6. The lowest BCUT2D eigenvalue weighted by molar-refractivity contribution is -0.130. The molecule has 2 unspecified atom stereocenters. The van der Waals surface area contributed by atoms with E-state index in [1.165, 1.54) is 23.9 Å². The molecule has 7 heteroatoms. The maximum absolute atomic E-state index is 12.7. The number of hydrogen-bond acceptors (Lipinski definition) is 4. The number of benzene rings is 2. The van der Waals surface area contributed by atoms with Crippen molar-refractivity contribution in [2.45, 2.75) is 34.9 Å². The molecule has 2 N–H and O–H groups in total. The van der Waals surface area contributed by atoms with Crippen LogP contribution in [-0.4, -0.2) is 31.5 Å². The second-order valence-electron chi connectivity index (χ2n) is 5.81. The van der Waals surface area contributed by atoms with Crippen molar-refractivity contribution in [1.29, 1.82) is 0 Å². The van der Waals surface area contributed by atoms with Crippen LogP contribution in [0.1, 0.15) is 25.5 Å². The quantitative estimate of drug-likeness (QED) is 0.784. The number of thioether (sulfide) groups is 1. The summed E-state index contributed by atoms with van der Waals surface area (Å²) < 4.78 is 22.7. The van der Waals surface area contributed by atoms with E-state index in [0.29, 0.717) is 0 Å². The van der Waals surface area contributed by atoms with E-state index in [2.05, 4.69) is 0 Å². The molecular weight excluding hydrogens is 356 g/mol. The van der Waals surface area contributed by atoms with Crippen LogP contribution >= 0.6 is 11.8 Å². The molecule has 2 atom stereocenters. The third-order valence-electron chi connectivity index (χ3n) is 4.02. The van der Waals surface area contributed by atoms with Gasteiger partial charge in [-0.2, -0.15) is 0 Å². The molecule has 0 spiro atoms. The van der Waals surface area contributed by atoms with E-state index in [-0.39, 0.29) is 22.1 Å². The molecule has 0 aliphatic heterocycles. The number of rotatable bonds is 6. The van der Waals surface area contributed by atoms with E-state index in [4.69, 9.17) is 5.14 Å². The van der Waals surface area contributed by atoms with Crippen LogP contribution in [0, 0.1) is 0 Å². The summed E-state index contributed by atoms with van der Waals surface area (Å²) in [4.78, 5) is 15.5. The fourth-order valence-electron chi connectivity index (χ4n) is 2.39. The van der Waals surface area contributed by atoms with Gasteiger partial charge >= 0.3 is 0 Å². The molecule has 0 fully saturated rings. The number of carbonyl (C=O) groups is 1. The third-order valence-corrected chi connectivity index (χ3v) is 6.05. The number of hydrogen-bond donors (Lipinski definition) is 1. The highest BCUT2D eigenvalue weighted by Gasteiger charge is 2.23. The standard InChI is InChI=1S/C18H22N2O3S2/c1-13(15-9-11-17(12-10-15)25(19,22)23)20(3)18(21)14(2)24-16-7-5-4-6-8-16/h4-14H,1-3H3,(H2,19,22,23). The van der Waals surface area contributed by atoms with Gasteiger partial charge in [-0.15, -0.1) is 11.8 Å². The van der Waals surface area contributed by atoms with Crippen molar-refractivity contribution in [2.75, 3.05) is 7.05 Å². The van der Waals surface area contributed by atoms with Crippen molar-refractivity contribution in [3.05, 3.63) is 60.2 Å². The lowest BCUT2D eigenvalue weighted by atomic mass is 10.1. The predicted octanol–water partition coefficient (Wildman–Crippen LogP) is 3.03. The Balaban J connectivity index is 2.07. The van der Waals surface area contributed by atoms with E-state index in [9.17, 15) is 13.2 Å². The maximum atomic E-state index is 12.7. The van der Waals surface area contributed by atoms with Gasteiger partial charge in [-0.1, -0.05) is 30.3 Å². The molecule has 2 aromatic carbocycles. The number of primary sulfonamides is 1. The molecule has 0 heterocycles. The van der Waals surface area contributed by atoms with E-state index < -0.39 is 10.0 Å². The summed E-state index contributed by atoms with van der Waals surface area (Å²) in [5.41, 5.74) is 0.847. The van der Waals surface area contributed by atoms with Crippen molar-refractivity contribution >= 4 is 27.7 Å². The Morgan fingerprint density at radius 3 is 2.12 bits per heavy atom. The molecule has 1 amide bonds. The van der Waals surface area contributed by atoms with Crippen molar-refractivity contribution in [3.8, 4) is 0 Å². The summed E-state index contributed by atoms with van der Waals surface area (Å²) in [7, 11) is -1.96. The Hall–Kier alpha value is -1.83. The first-order chi connectivity index (χ1) is 11.7. The van der Waals surface area contributed by atoms with E-state index >= 15 is 0 Å². The second-order valence-corrected chi connectivity index (χ2v) is 8.79. The summed E-state index contributed by atoms with van der Waals surface area (Å²) in [5, 5.41) is 4.89. The van der Waals surface area contributed by atoms with Gasteiger partial charge in [0.2, 0.25) is 15.9 Å². The highest BCUT2D eigenvalue weighted by atomic mass is 32.2. The van der Waals surface area contributed by atoms with Crippen LogP contribution in [0.25, 0.3) is 0 Å². The first kappa shape index (κ1) is 19.5. The number of nitrogens with two attached hydrogens (primary N) is 1. The normalized spacial score (nSPS) is 13.9. The van der Waals surface area contributed by atoms with E-state index in [0.717, 1.165) is 10.5 Å². The summed E-state index contributed by atoms with van der Waals surface area (Å²) in [5.74, 6) is 0.0110. The minimum absolute atomic E-state index is 0.0110. The van der Waals surface area contributed by atoms with Gasteiger partial charge in [-0.05, 0) is 43.7 Å². The topological polar surface area (TPSA) is 80.5 Å². The molecule has 0 saturated heterocycles. The second kappa shape index (κ2) is 8.03. The molecule has 5 nitrogen and oxygen atoms in total. The molecule has 0 aliphatic carbocycles. The zero-order valence-electron chi connectivity index (χ0n) is 14.4. The number of sulfonamides is 1. The van der Waals surface area contributed by atoms with Crippen molar-refractivity contribution in [3.63, 3.8) is 0 Å². The number of carbonyl (C=O) groups excluding carboxylic acids is 1. The first-order valence-electron chi connectivity index (χ1n) is 7.81. The van der Waals surface area contributed by atoms with Gasteiger partial charge in [0.05, 0.1) is 16.2 Å². The van der Waals surface area contributed by atoms with Gasteiger partial charge in [0, 0.05) is 11.9 Å². The predicted molar refractivity (Wildman–Crippen MR) is 101 cm³/mol. The lowest BCUT2D eigenvalue weighted by Crippen LogP contribution is -2.35. The minimum atomic E-state index is -3.71. The smallest absolute Gasteiger partial charge is 0.238 e. The Morgan fingerprint density at radius 1 is 1.04 bits per heavy atom. The molecule has 2 rings (SSSR count). The van der Waals surface area contributed by atoms with E-state index in [1.807, 2.05) is 44.2 Å². The summed E-state index contributed by atoms with van der Waals surface area (Å²) in [6.07, 6.45) is 0. The third kappa shape index (κ3) is 5.07. The van der Waals surface area contributed by atoms with Gasteiger partial charge in [-0.25, -0.2) is 13.6 Å².